The van der Waals surface area contributed by atoms with Crippen LogP contribution in [0.2, 0.25) is 0 Å². The van der Waals surface area contributed by atoms with Crippen molar-refractivity contribution in [2.45, 2.75) is 33.1 Å². The highest BCUT2D eigenvalue weighted by Crippen LogP contribution is 2.30. The summed E-state index contributed by atoms with van der Waals surface area (Å²) in [6, 6.07) is 4.93. The number of hydrogen-bond acceptors (Lipinski definition) is 5. The lowest BCUT2D eigenvalue weighted by atomic mass is 10.0. The molecule has 0 saturated heterocycles. The molecular formula is C16H17O5-. The van der Waals surface area contributed by atoms with E-state index in [1.54, 1.807) is 12.1 Å². The van der Waals surface area contributed by atoms with Crippen molar-refractivity contribution in [3.63, 3.8) is 0 Å². The van der Waals surface area contributed by atoms with Crippen molar-refractivity contribution in [1.29, 1.82) is 0 Å². The molecule has 0 fully saturated rings. The number of carboxylic acids is 1. The third-order valence-electron chi connectivity index (χ3n) is 3.18. The Morgan fingerprint density at radius 2 is 2.10 bits per heavy atom. The Morgan fingerprint density at radius 1 is 1.33 bits per heavy atom. The Hall–Kier alpha value is -2.30. The van der Waals surface area contributed by atoms with Crippen LogP contribution in [0.1, 0.15) is 30.9 Å². The fraction of sp³-hybridized carbons (Fsp3) is 0.375. The van der Waals surface area contributed by atoms with Gasteiger partial charge in [0.1, 0.15) is 17.9 Å². The second-order valence-electron chi connectivity index (χ2n) is 4.99. The molecular weight excluding hydrogens is 272 g/mol. The smallest absolute Gasteiger partial charge is 0.336 e. The molecule has 1 heterocycles. The van der Waals surface area contributed by atoms with Crippen molar-refractivity contribution >= 4 is 16.9 Å². The molecule has 0 bridgehead atoms. The molecule has 0 aliphatic carbocycles. The fourth-order valence-electron chi connectivity index (χ4n) is 2.29. The fourth-order valence-corrected chi connectivity index (χ4v) is 2.29. The van der Waals surface area contributed by atoms with E-state index in [2.05, 4.69) is 6.92 Å². The van der Waals surface area contributed by atoms with E-state index < -0.39 is 18.2 Å². The molecule has 0 radical (unpaired) electrons. The predicted molar refractivity (Wildman–Crippen MR) is 76.3 cm³/mol. The normalized spacial score (nSPS) is 10.8. The van der Waals surface area contributed by atoms with Crippen LogP contribution in [0.3, 0.4) is 0 Å². The van der Waals surface area contributed by atoms with Crippen LogP contribution in [-0.4, -0.2) is 12.6 Å². The Kier molecular flexibility index (Phi) is 4.62. The zero-order valence-corrected chi connectivity index (χ0v) is 12.1. The highest BCUT2D eigenvalue weighted by atomic mass is 16.5. The first-order valence-corrected chi connectivity index (χ1v) is 6.91. The number of benzene rings is 1. The lowest BCUT2D eigenvalue weighted by molar-refractivity contribution is -0.307. The number of ether oxygens (including phenoxy) is 1. The van der Waals surface area contributed by atoms with Crippen LogP contribution < -0.4 is 15.5 Å². The van der Waals surface area contributed by atoms with E-state index >= 15 is 0 Å². The predicted octanol–water partition coefficient (Wildman–Crippen LogP) is 1.57. The first kappa shape index (κ1) is 15.1. The van der Waals surface area contributed by atoms with Gasteiger partial charge >= 0.3 is 5.63 Å². The van der Waals surface area contributed by atoms with Crippen molar-refractivity contribution in [3.05, 3.63) is 39.7 Å². The standard InChI is InChI=1S/C16H18O5/c1-3-4-5-11-8-15(19)21-13-7-10(2)6-12(16(11)13)20-9-14(17)18/h6-8H,3-5,9H2,1-2H3,(H,17,18)/p-1. The molecule has 0 saturated carbocycles. The molecule has 1 aromatic carbocycles. The molecule has 112 valence electrons. The lowest BCUT2D eigenvalue weighted by Gasteiger charge is -2.13. The zero-order valence-electron chi connectivity index (χ0n) is 12.1. The summed E-state index contributed by atoms with van der Waals surface area (Å²) in [7, 11) is 0. The van der Waals surface area contributed by atoms with E-state index in [4.69, 9.17) is 9.15 Å². The summed E-state index contributed by atoms with van der Waals surface area (Å²) >= 11 is 0. The minimum atomic E-state index is -1.29. The quantitative estimate of drug-likeness (QED) is 0.754. The number of aliphatic carboxylic acids is 1. The van der Waals surface area contributed by atoms with Crippen LogP contribution in [0.4, 0.5) is 0 Å². The second-order valence-corrected chi connectivity index (χ2v) is 4.99. The van der Waals surface area contributed by atoms with Gasteiger partial charge in [-0.1, -0.05) is 13.3 Å². The van der Waals surface area contributed by atoms with Gasteiger partial charge in [0, 0.05) is 6.07 Å². The molecule has 2 aromatic rings. The number of fused-ring (bicyclic) bond motifs is 1. The number of rotatable bonds is 6. The van der Waals surface area contributed by atoms with Gasteiger partial charge in [-0.3, -0.25) is 0 Å². The van der Waals surface area contributed by atoms with Gasteiger partial charge in [-0.05, 0) is 43.0 Å². The lowest BCUT2D eigenvalue weighted by Crippen LogP contribution is -2.29. The molecule has 0 N–H and O–H groups in total. The van der Waals surface area contributed by atoms with Crippen LogP contribution in [0, 0.1) is 6.92 Å². The summed E-state index contributed by atoms with van der Waals surface area (Å²) in [5, 5.41) is 11.3. The van der Waals surface area contributed by atoms with Gasteiger partial charge in [-0.2, -0.15) is 0 Å². The molecule has 0 atom stereocenters. The van der Waals surface area contributed by atoms with Gasteiger partial charge in [0.2, 0.25) is 0 Å². The Morgan fingerprint density at radius 3 is 2.76 bits per heavy atom. The average molecular weight is 289 g/mol. The molecule has 0 aliphatic rings. The maximum atomic E-state index is 11.6. The Bertz CT molecular complexity index is 714. The van der Waals surface area contributed by atoms with Crippen molar-refractivity contribution in [1.82, 2.24) is 0 Å². The highest BCUT2D eigenvalue weighted by Gasteiger charge is 2.12. The first-order valence-electron chi connectivity index (χ1n) is 6.91. The van der Waals surface area contributed by atoms with Gasteiger partial charge in [0.05, 0.1) is 11.4 Å². The largest absolute Gasteiger partial charge is 0.546 e. The van der Waals surface area contributed by atoms with Crippen LogP contribution in [0.15, 0.2) is 27.4 Å². The second kappa shape index (κ2) is 6.43. The van der Waals surface area contributed by atoms with E-state index in [1.165, 1.54) is 6.07 Å². The van der Waals surface area contributed by atoms with E-state index in [1.807, 2.05) is 6.92 Å². The van der Waals surface area contributed by atoms with Crippen LogP contribution in [0.5, 0.6) is 5.75 Å². The van der Waals surface area contributed by atoms with Crippen molar-refractivity contribution in [2.24, 2.45) is 0 Å². The van der Waals surface area contributed by atoms with Gasteiger partial charge in [-0.15, -0.1) is 0 Å². The van der Waals surface area contributed by atoms with Gasteiger partial charge < -0.3 is 19.1 Å². The van der Waals surface area contributed by atoms with E-state index in [0.29, 0.717) is 23.1 Å². The molecule has 0 spiro atoms. The van der Waals surface area contributed by atoms with E-state index in [9.17, 15) is 14.7 Å². The number of carbonyl (C=O) groups is 1. The van der Waals surface area contributed by atoms with Crippen LogP contribution >= 0.6 is 0 Å². The summed E-state index contributed by atoms with van der Waals surface area (Å²) in [5.41, 5.74) is 1.65. The summed E-state index contributed by atoms with van der Waals surface area (Å²) < 4.78 is 10.5. The summed E-state index contributed by atoms with van der Waals surface area (Å²) in [6.07, 6.45) is 2.62. The van der Waals surface area contributed by atoms with Crippen LogP contribution in [-0.2, 0) is 11.2 Å². The average Bonchev–Trinajstić information content (AvgIpc) is 2.41. The number of unbranched alkanes of at least 4 members (excludes halogenated alkanes) is 1. The molecule has 0 aliphatic heterocycles. The van der Waals surface area contributed by atoms with Crippen molar-refractivity contribution in [3.8, 4) is 5.75 Å². The van der Waals surface area contributed by atoms with E-state index in [0.717, 1.165) is 24.0 Å². The third-order valence-corrected chi connectivity index (χ3v) is 3.18. The zero-order chi connectivity index (χ0) is 15.4. The number of carbonyl (C=O) groups excluding carboxylic acids is 1. The van der Waals surface area contributed by atoms with Crippen molar-refractivity contribution in [2.75, 3.05) is 6.61 Å². The molecule has 5 heteroatoms. The van der Waals surface area contributed by atoms with Gasteiger partial charge in [0.25, 0.3) is 0 Å². The van der Waals surface area contributed by atoms with Gasteiger partial charge in [-0.25, -0.2) is 4.79 Å². The molecule has 0 amide bonds. The first-order chi connectivity index (χ1) is 10.0. The summed E-state index contributed by atoms with van der Waals surface area (Å²) in [4.78, 5) is 22.2. The van der Waals surface area contributed by atoms with Gasteiger partial charge in [0.15, 0.2) is 0 Å². The topological polar surface area (TPSA) is 79.6 Å². The molecule has 5 nitrogen and oxygen atoms in total. The molecule has 2 rings (SSSR count). The molecule has 0 unspecified atom stereocenters. The summed E-state index contributed by atoms with van der Waals surface area (Å²) in [6.45, 7) is 3.35. The molecule has 1 aromatic heterocycles. The minimum Gasteiger partial charge on any atom is -0.546 e. The Labute approximate surface area is 122 Å². The maximum Gasteiger partial charge on any atom is 0.336 e. The number of hydrogen-bond donors (Lipinski definition) is 0. The molecule has 21 heavy (non-hydrogen) atoms. The SMILES string of the molecule is CCCCc1cc(=O)oc2cc(C)cc(OCC(=O)[O-])c12. The van der Waals surface area contributed by atoms with E-state index in [-0.39, 0.29) is 0 Å². The summed E-state index contributed by atoms with van der Waals surface area (Å²) in [5.74, 6) is -0.888. The number of aryl methyl sites for hydroxylation is 2. The minimum absolute atomic E-state index is 0.407. The van der Waals surface area contributed by atoms with Crippen molar-refractivity contribution < 1.29 is 19.1 Å². The Balaban J connectivity index is 2.59. The third kappa shape index (κ3) is 3.62. The maximum absolute atomic E-state index is 11.6. The monoisotopic (exact) mass is 289 g/mol. The van der Waals surface area contributed by atoms with Crippen LogP contribution in [0.25, 0.3) is 11.0 Å². The number of carboxylic acid groups (broad SMARTS) is 1. The highest BCUT2D eigenvalue weighted by molar-refractivity contribution is 5.87.